The van der Waals surface area contributed by atoms with E-state index < -0.39 is 21.8 Å². The minimum absolute atomic E-state index is 0. The van der Waals surface area contributed by atoms with E-state index >= 15 is 0 Å². The van der Waals surface area contributed by atoms with Gasteiger partial charge in [-0.1, -0.05) is 6.92 Å². The summed E-state index contributed by atoms with van der Waals surface area (Å²) >= 11 is 0. The molecule has 132 valence electrons. The highest BCUT2D eigenvalue weighted by Gasteiger charge is 2.36. The van der Waals surface area contributed by atoms with Crippen LogP contribution in [0.4, 0.5) is 13.2 Å². The Balaban J connectivity index is 0.00000264. The first-order valence-electron chi connectivity index (χ1n) is 7.05. The second-order valence-electron chi connectivity index (χ2n) is 5.66. The van der Waals surface area contributed by atoms with Gasteiger partial charge in [0.15, 0.2) is 0 Å². The Morgan fingerprint density at radius 2 is 1.83 bits per heavy atom. The lowest BCUT2D eigenvalue weighted by Crippen LogP contribution is -2.49. The number of halogens is 4. The van der Waals surface area contributed by atoms with E-state index in [1.165, 1.54) is 4.31 Å². The molecule has 1 aromatic carbocycles. The molecule has 0 spiro atoms. The molecule has 0 bridgehead atoms. The summed E-state index contributed by atoms with van der Waals surface area (Å²) in [7, 11) is -3.82. The zero-order chi connectivity index (χ0) is 16.5. The van der Waals surface area contributed by atoms with Gasteiger partial charge in [0.2, 0.25) is 10.0 Å². The molecule has 0 amide bonds. The Bertz CT molecular complexity index is 620. The van der Waals surface area contributed by atoms with Crippen molar-refractivity contribution in [3.8, 4) is 0 Å². The van der Waals surface area contributed by atoms with Crippen LogP contribution >= 0.6 is 12.4 Å². The lowest BCUT2D eigenvalue weighted by Gasteiger charge is -2.36. The van der Waals surface area contributed by atoms with Gasteiger partial charge >= 0.3 is 6.18 Å². The first-order valence-corrected chi connectivity index (χ1v) is 8.49. The zero-order valence-corrected chi connectivity index (χ0v) is 14.2. The van der Waals surface area contributed by atoms with Crippen molar-refractivity contribution in [1.82, 2.24) is 4.31 Å². The quantitative estimate of drug-likeness (QED) is 0.887. The lowest BCUT2D eigenvalue weighted by molar-refractivity contribution is -0.137. The van der Waals surface area contributed by atoms with Crippen molar-refractivity contribution in [3.63, 3.8) is 0 Å². The third-order valence-electron chi connectivity index (χ3n) is 3.98. The molecule has 1 fully saturated rings. The van der Waals surface area contributed by atoms with Gasteiger partial charge in [-0.25, -0.2) is 8.42 Å². The normalized spacial score (nSPS) is 23.3. The number of nitrogens with zero attached hydrogens (tertiary/aromatic N) is 1. The number of hydrogen-bond acceptors (Lipinski definition) is 3. The molecule has 0 saturated carbocycles. The fourth-order valence-electron chi connectivity index (χ4n) is 2.71. The second kappa shape index (κ2) is 7.38. The van der Waals surface area contributed by atoms with Gasteiger partial charge in [-0.3, -0.25) is 0 Å². The highest BCUT2D eigenvalue weighted by atomic mass is 35.5. The second-order valence-corrected chi connectivity index (χ2v) is 7.55. The van der Waals surface area contributed by atoms with E-state index in [1.54, 1.807) is 0 Å². The highest BCUT2D eigenvalue weighted by molar-refractivity contribution is 7.89. The van der Waals surface area contributed by atoms with E-state index in [9.17, 15) is 21.6 Å². The average molecular weight is 373 g/mol. The third-order valence-corrected chi connectivity index (χ3v) is 5.95. The summed E-state index contributed by atoms with van der Waals surface area (Å²) in [5.41, 5.74) is 4.79. The van der Waals surface area contributed by atoms with Crippen molar-refractivity contribution >= 4 is 22.4 Å². The van der Waals surface area contributed by atoms with Crippen LogP contribution in [0.5, 0.6) is 0 Å². The first-order chi connectivity index (χ1) is 10.2. The predicted octanol–water partition coefficient (Wildman–Crippen LogP) is 2.88. The van der Waals surface area contributed by atoms with E-state index in [1.807, 2.05) is 6.92 Å². The Morgan fingerprint density at radius 3 is 2.30 bits per heavy atom. The van der Waals surface area contributed by atoms with E-state index in [2.05, 4.69) is 0 Å². The van der Waals surface area contributed by atoms with Crippen LogP contribution in [0.2, 0.25) is 0 Å². The summed E-state index contributed by atoms with van der Waals surface area (Å²) < 4.78 is 64.2. The number of benzene rings is 1. The molecule has 1 saturated heterocycles. The minimum atomic E-state index is -4.48. The van der Waals surface area contributed by atoms with Crippen molar-refractivity contribution in [2.75, 3.05) is 13.1 Å². The van der Waals surface area contributed by atoms with Crippen LogP contribution < -0.4 is 5.73 Å². The molecule has 4 nitrogen and oxygen atoms in total. The number of sulfonamides is 1. The van der Waals surface area contributed by atoms with E-state index in [0.717, 1.165) is 30.7 Å². The van der Waals surface area contributed by atoms with Gasteiger partial charge in [0.1, 0.15) is 0 Å². The summed E-state index contributed by atoms with van der Waals surface area (Å²) in [4.78, 5) is -0.131. The van der Waals surface area contributed by atoms with Crippen molar-refractivity contribution < 1.29 is 21.6 Å². The number of nitrogens with two attached hydrogens (primary N) is 1. The smallest absolute Gasteiger partial charge is 0.329 e. The van der Waals surface area contributed by atoms with Gasteiger partial charge in [0, 0.05) is 19.1 Å². The van der Waals surface area contributed by atoms with Crippen LogP contribution in [-0.4, -0.2) is 31.9 Å². The molecule has 0 radical (unpaired) electrons. The molecule has 2 atom stereocenters. The van der Waals surface area contributed by atoms with Crippen LogP contribution in [0, 0.1) is 5.92 Å². The van der Waals surface area contributed by atoms with Gasteiger partial charge in [-0.05, 0) is 43.0 Å². The number of rotatable bonds is 3. The Hall–Kier alpha value is -0.830. The summed E-state index contributed by atoms with van der Waals surface area (Å²) in [6.45, 7) is 2.57. The van der Waals surface area contributed by atoms with Gasteiger partial charge in [-0.2, -0.15) is 17.5 Å². The minimum Gasteiger partial charge on any atom is -0.329 e. The van der Waals surface area contributed by atoms with Crippen molar-refractivity contribution in [3.05, 3.63) is 29.8 Å². The van der Waals surface area contributed by atoms with Crippen LogP contribution in [0.1, 0.15) is 25.3 Å². The van der Waals surface area contributed by atoms with Gasteiger partial charge in [0.25, 0.3) is 0 Å². The molecule has 2 rings (SSSR count). The van der Waals surface area contributed by atoms with Crippen molar-refractivity contribution in [2.45, 2.75) is 36.9 Å². The molecule has 0 aliphatic carbocycles. The lowest BCUT2D eigenvalue weighted by atomic mass is 9.94. The fourth-order valence-corrected chi connectivity index (χ4v) is 4.37. The molecule has 9 heteroatoms. The van der Waals surface area contributed by atoms with Crippen LogP contribution in [-0.2, 0) is 16.2 Å². The van der Waals surface area contributed by atoms with Crippen LogP contribution in [0.3, 0.4) is 0 Å². The molecule has 1 aromatic rings. The number of hydrogen-bond donors (Lipinski definition) is 1. The van der Waals surface area contributed by atoms with E-state index in [4.69, 9.17) is 5.73 Å². The molecule has 2 unspecified atom stereocenters. The molecule has 1 aliphatic heterocycles. The van der Waals surface area contributed by atoms with Gasteiger partial charge < -0.3 is 5.73 Å². The SMILES string of the molecule is CC1CCN(S(=O)(=O)c2ccc(C(F)(F)F)cc2)C(CN)C1.Cl. The summed E-state index contributed by atoms with van der Waals surface area (Å²) in [5.74, 6) is 0.382. The Kier molecular flexibility index (Phi) is 6.48. The maximum absolute atomic E-state index is 12.6. The van der Waals surface area contributed by atoms with Gasteiger partial charge in [-0.15, -0.1) is 12.4 Å². The molecule has 0 aromatic heterocycles. The summed E-state index contributed by atoms with van der Waals surface area (Å²) in [6, 6.07) is 3.28. The van der Waals surface area contributed by atoms with Crippen LogP contribution in [0.25, 0.3) is 0 Å². The largest absolute Gasteiger partial charge is 0.416 e. The number of alkyl halides is 3. The van der Waals surface area contributed by atoms with Crippen LogP contribution in [0.15, 0.2) is 29.2 Å². The van der Waals surface area contributed by atoms with Crippen molar-refractivity contribution in [1.29, 1.82) is 0 Å². The summed E-state index contributed by atoms with van der Waals surface area (Å²) in [5, 5.41) is 0. The molecule has 23 heavy (non-hydrogen) atoms. The fraction of sp³-hybridized carbons (Fsp3) is 0.571. The summed E-state index contributed by atoms with van der Waals surface area (Å²) in [6.07, 6.45) is -3.10. The Morgan fingerprint density at radius 1 is 1.26 bits per heavy atom. The Labute approximate surface area is 140 Å². The van der Waals surface area contributed by atoms with Crippen molar-refractivity contribution in [2.24, 2.45) is 11.7 Å². The average Bonchev–Trinajstić information content (AvgIpc) is 2.46. The molecular formula is C14H20ClF3N2O2S. The third kappa shape index (κ3) is 4.37. The topological polar surface area (TPSA) is 63.4 Å². The maximum atomic E-state index is 12.6. The molecule has 1 heterocycles. The monoisotopic (exact) mass is 372 g/mol. The van der Waals surface area contributed by atoms with Gasteiger partial charge in [0.05, 0.1) is 10.5 Å². The molecule has 1 aliphatic rings. The highest BCUT2D eigenvalue weighted by Crippen LogP contribution is 2.32. The maximum Gasteiger partial charge on any atom is 0.416 e. The first kappa shape index (κ1) is 20.2. The zero-order valence-electron chi connectivity index (χ0n) is 12.6. The molecule has 2 N–H and O–H groups in total. The van der Waals surface area contributed by atoms with E-state index in [-0.39, 0.29) is 29.9 Å². The standard InChI is InChI=1S/C14H19F3N2O2S.ClH/c1-10-6-7-19(12(8-10)9-18)22(20,21)13-4-2-11(3-5-13)14(15,16)17;/h2-5,10,12H,6-9,18H2,1H3;1H. The van der Waals surface area contributed by atoms with E-state index in [0.29, 0.717) is 18.9 Å². The molecular weight excluding hydrogens is 353 g/mol. The predicted molar refractivity (Wildman–Crippen MR) is 83.8 cm³/mol. The number of piperidine rings is 1.